The zero-order valence-corrected chi connectivity index (χ0v) is 18.1. The maximum absolute atomic E-state index is 12.3. The molecule has 0 saturated carbocycles. The van der Waals surface area contributed by atoms with Crippen molar-refractivity contribution in [3.8, 4) is 0 Å². The Morgan fingerprint density at radius 2 is 2.00 bits per heavy atom. The van der Waals surface area contributed by atoms with Gasteiger partial charge in [0.1, 0.15) is 0 Å². The van der Waals surface area contributed by atoms with Gasteiger partial charge in [0.05, 0.1) is 29.3 Å². The highest BCUT2D eigenvalue weighted by Gasteiger charge is 2.21. The molecule has 0 spiro atoms. The first-order chi connectivity index (χ1) is 14.0. The van der Waals surface area contributed by atoms with E-state index in [1.807, 2.05) is 30.1 Å². The van der Waals surface area contributed by atoms with Gasteiger partial charge in [0, 0.05) is 32.7 Å². The summed E-state index contributed by atoms with van der Waals surface area (Å²) in [5.74, 6) is -0.0329. The van der Waals surface area contributed by atoms with E-state index in [2.05, 4.69) is 34.5 Å². The molecule has 1 unspecified atom stereocenters. The Bertz CT molecular complexity index is 804. The lowest BCUT2D eigenvalue weighted by Crippen LogP contribution is -2.48. The van der Waals surface area contributed by atoms with Crippen LogP contribution >= 0.6 is 23.2 Å². The van der Waals surface area contributed by atoms with Crippen LogP contribution < -0.4 is 5.32 Å². The molecule has 2 aromatic rings. The molecule has 1 aliphatic heterocycles. The number of nitrogens with zero attached hydrogens (tertiary/aromatic N) is 2. The van der Waals surface area contributed by atoms with Crippen LogP contribution in [0.15, 0.2) is 48.5 Å². The summed E-state index contributed by atoms with van der Waals surface area (Å²) >= 11 is 12.3. The fraction of sp³-hybridized carbons (Fsp3) is 0.409. The number of nitrogens with one attached hydrogen (secondary N) is 1. The largest absolute Gasteiger partial charge is 0.374 e. The summed E-state index contributed by atoms with van der Waals surface area (Å²) in [7, 11) is 1.88. The monoisotopic (exact) mass is 435 g/mol. The van der Waals surface area contributed by atoms with E-state index in [4.69, 9.17) is 27.9 Å². The topological polar surface area (TPSA) is 44.8 Å². The Kier molecular flexibility index (Phi) is 8.33. The van der Waals surface area contributed by atoms with Gasteiger partial charge in [-0.15, -0.1) is 0 Å². The third kappa shape index (κ3) is 6.98. The van der Waals surface area contributed by atoms with Crippen molar-refractivity contribution in [3.63, 3.8) is 0 Å². The van der Waals surface area contributed by atoms with Crippen LogP contribution in [0, 0.1) is 0 Å². The molecular formula is C22H27Cl2N3O2. The van der Waals surface area contributed by atoms with Gasteiger partial charge in [-0.05, 0) is 24.2 Å². The smallest absolute Gasteiger partial charge is 0.234 e. The van der Waals surface area contributed by atoms with Crippen molar-refractivity contribution in [2.45, 2.75) is 19.2 Å². The van der Waals surface area contributed by atoms with E-state index in [-0.39, 0.29) is 18.6 Å². The van der Waals surface area contributed by atoms with Crippen LogP contribution in [-0.2, 0) is 22.6 Å². The molecule has 7 heteroatoms. The van der Waals surface area contributed by atoms with Crippen molar-refractivity contribution in [1.82, 2.24) is 15.1 Å². The number of likely N-dealkylation sites (N-methyl/N-ethyl adjacent to an activating group) is 1. The molecule has 29 heavy (non-hydrogen) atoms. The van der Waals surface area contributed by atoms with E-state index in [0.717, 1.165) is 25.2 Å². The SMILES string of the molecule is CN(CC(=O)NCC1CN(Cc2ccccc2)CCO1)Cc1cccc(Cl)c1Cl. The van der Waals surface area contributed by atoms with Crippen molar-refractivity contribution in [3.05, 3.63) is 69.7 Å². The molecule has 1 heterocycles. The summed E-state index contributed by atoms with van der Waals surface area (Å²) in [5.41, 5.74) is 2.19. The molecule has 0 bridgehead atoms. The number of carbonyl (C=O) groups excluding carboxylic acids is 1. The van der Waals surface area contributed by atoms with E-state index in [1.165, 1.54) is 5.56 Å². The van der Waals surface area contributed by atoms with Crippen molar-refractivity contribution in [2.24, 2.45) is 0 Å². The molecule has 1 aliphatic rings. The summed E-state index contributed by atoms with van der Waals surface area (Å²) in [5, 5.41) is 4.05. The van der Waals surface area contributed by atoms with Gasteiger partial charge in [-0.25, -0.2) is 0 Å². The predicted molar refractivity (Wildman–Crippen MR) is 117 cm³/mol. The van der Waals surface area contributed by atoms with Crippen molar-refractivity contribution in [2.75, 3.05) is 39.8 Å². The number of carbonyl (C=O) groups is 1. The predicted octanol–water partition coefficient (Wildman–Crippen LogP) is 3.44. The van der Waals surface area contributed by atoms with Crippen molar-refractivity contribution in [1.29, 1.82) is 0 Å². The molecule has 2 aromatic carbocycles. The highest BCUT2D eigenvalue weighted by Crippen LogP contribution is 2.26. The average molecular weight is 436 g/mol. The lowest BCUT2D eigenvalue weighted by atomic mass is 10.2. The minimum Gasteiger partial charge on any atom is -0.374 e. The molecule has 3 rings (SSSR count). The Hall–Kier alpha value is -1.63. The van der Waals surface area contributed by atoms with Gasteiger partial charge in [0.15, 0.2) is 0 Å². The first-order valence-corrected chi connectivity index (χ1v) is 10.5. The second-order valence-corrected chi connectivity index (χ2v) is 8.19. The zero-order chi connectivity index (χ0) is 20.6. The molecule has 1 amide bonds. The second-order valence-electron chi connectivity index (χ2n) is 7.40. The van der Waals surface area contributed by atoms with Crippen LogP contribution in [0.3, 0.4) is 0 Å². The number of rotatable bonds is 8. The quantitative estimate of drug-likeness (QED) is 0.689. The van der Waals surface area contributed by atoms with Crippen LogP contribution in [0.1, 0.15) is 11.1 Å². The van der Waals surface area contributed by atoms with E-state index < -0.39 is 0 Å². The van der Waals surface area contributed by atoms with Gasteiger partial charge in [-0.3, -0.25) is 14.6 Å². The highest BCUT2D eigenvalue weighted by molar-refractivity contribution is 6.42. The van der Waals surface area contributed by atoms with Gasteiger partial charge in [-0.2, -0.15) is 0 Å². The Morgan fingerprint density at radius 1 is 1.21 bits per heavy atom. The minimum atomic E-state index is -0.0329. The summed E-state index contributed by atoms with van der Waals surface area (Å²) in [6.07, 6.45) is 0.00379. The minimum absolute atomic E-state index is 0.00379. The van der Waals surface area contributed by atoms with Gasteiger partial charge in [0.2, 0.25) is 5.91 Å². The highest BCUT2D eigenvalue weighted by atomic mass is 35.5. The lowest BCUT2D eigenvalue weighted by Gasteiger charge is -2.33. The zero-order valence-electron chi connectivity index (χ0n) is 16.6. The van der Waals surface area contributed by atoms with Crippen LogP contribution in [-0.4, -0.2) is 61.6 Å². The van der Waals surface area contributed by atoms with E-state index in [9.17, 15) is 4.79 Å². The van der Waals surface area contributed by atoms with E-state index in [0.29, 0.717) is 29.7 Å². The number of hydrogen-bond donors (Lipinski definition) is 1. The molecular weight excluding hydrogens is 409 g/mol. The fourth-order valence-electron chi connectivity index (χ4n) is 3.44. The Balaban J connectivity index is 1.41. The summed E-state index contributed by atoms with van der Waals surface area (Å²) in [6.45, 7) is 4.64. The van der Waals surface area contributed by atoms with Crippen molar-refractivity contribution < 1.29 is 9.53 Å². The summed E-state index contributed by atoms with van der Waals surface area (Å²) in [6, 6.07) is 15.9. The first-order valence-electron chi connectivity index (χ1n) is 9.77. The molecule has 5 nitrogen and oxygen atoms in total. The fourth-order valence-corrected chi connectivity index (χ4v) is 3.81. The van der Waals surface area contributed by atoms with Crippen molar-refractivity contribution >= 4 is 29.1 Å². The molecule has 0 radical (unpaired) electrons. The second kappa shape index (κ2) is 11.0. The number of ether oxygens (including phenoxy) is 1. The Labute approximate surface area is 182 Å². The maximum atomic E-state index is 12.3. The molecule has 156 valence electrons. The maximum Gasteiger partial charge on any atom is 0.234 e. The molecule has 0 aromatic heterocycles. The molecule has 0 aliphatic carbocycles. The summed E-state index contributed by atoms with van der Waals surface area (Å²) < 4.78 is 5.82. The van der Waals surface area contributed by atoms with E-state index >= 15 is 0 Å². The van der Waals surface area contributed by atoms with Gasteiger partial charge < -0.3 is 10.1 Å². The lowest BCUT2D eigenvalue weighted by molar-refractivity contribution is -0.123. The van der Waals surface area contributed by atoms with Gasteiger partial charge in [-0.1, -0.05) is 65.7 Å². The average Bonchev–Trinajstić information content (AvgIpc) is 2.71. The Morgan fingerprint density at radius 3 is 2.79 bits per heavy atom. The normalized spacial score (nSPS) is 17.4. The molecule has 1 saturated heterocycles. The third-order valence-electron chi connectivity index (χ3n) is 4.88. The number of morpholine rings is 1. The van der Waals surface area contributed by atoms with Gasteiger partial charge in [0.25, 0.3) is 0 Å². The number of hydrogen-bond acceptors (Lipinski definition) is 4. The number of amides is 1. The van der Waals surface area contributed by atoms with Gasteiger partial charge >= 0.3 is 0 Å². The van der Waals surface area contributed by atoms with Crippen LogP contribution in [0.25, 0.3) is 0 Å². The third-order valence-corrected chi connectivity index (χ3v) is 5.74. The molecule has 1 atom stereocenters. The number of benzene rings is 2. The first kappa shape index (κ1) is 22.1. The molecule has 1 N–H and O–H groups in total. The molecule has 1 fully saturated rings. The van der Waals surface area contributed by atoms with E-state index in [1.54, 1.807) is 6.07 Å². The van der Waals surface area contributed by atoms with Crippen LogP contribution in [0.2, 0.25) is 10.0 Å². The van der Waals surface area contributed by atoms with Crippen LogP contribution in [0.4, 0.5) is 0 Å². The standard InChI is InChI=1S/C22H27Cl2N3O2/c1-26(14-18-8-5-9-20(23)22(18)24)16-21(28)25-12-19-15-27(10-11-29-19)13-17-6-3-2-4-7-17/h2-9,19H,10-16H2,1H3,(H,25,28). The van der Waals surface area contributed by atoms with Crippen LogP contribution in [0.5, 0.6) is 0 Å². The summed E-state index contributed by atoms with van der Waals surface area (Å²) in [4.78, 5) is 16.6. The number of halogens is 2.